The summed E-state index contributed by atoms with van der Waals surface area (Å²) in [4.78, 5) is 47.5. The summed E-state index contributed by atoms with van der Waals surface area (Å²) in [6.07, 6.45) is 2.71. The van der Waals surface area contributed by atoms with E-state index in [4.69, 9.17) is 14.2 Å². The monoisotopic (exact) mass is 420 g/mol. The molecule has 0 saturated carbocycles. The fourth-order valence-corrected chi connectivity index (χ4v) is 2.71. The Hall–Kier alpha value is -3.43. The molecular weight excluding hydrogens is 396 g/mol. The van der Waals surface area contributed by atoms with Gasteiger partial charge in [0.1, 0.15) is 18.8 Å². The largest absolute Gasteiger partial charge is 0.463 e. The summed E-state index contributed by atoms with van der Waals surface area (Å²) in [5.74, 6) is -1.17. The molecule has 1 aliphatic heterocycles. The number of nitro groups is 1. The zero-order chi connectivity index (χ0) is 22.5. The van der Waals surface area contributed by atoms with E-state index in [9.17, 15) is 24.5 Å². The van der Waals surface area contributed by atoms with Crippen LogP contribution in [-0.4, -0.2) is 58.8 Å². The lowest BCUT2D eigenvalue weighted by molar-refractivity contribution is -0.384. The molecule has 1 aromatic carbocycles. The predicted molar refractivity (Wildman–Crippen MR) is 105 cm³/mol. The molecule has 0 bridgehead atoms. The highest BCUT2D eigenvalue weighted by atomic mass is 16.6. The minimum atomic E-state index is -0.744. The highest BCUT2D eigenvalue weighted by molar-refractivity contribution is 5.89. The summed E-state index contributed by atoms with van der Waals surface area (Å²) in [6.45, 7) is 6.21. The number of benzene rings is 1. The molecule has 1 aromatic rings. The Morgan fingerprint density at radius 2 is 1.57 bits per heavy atom. The predicted octanol–water partition coefficient (Wildman–Crippen LogP) is 2.86. The Morgan fingerprint density at radius 3 is 2.03 bits per heavy atom. The third kappa shape index (κ3) is 6.29. The van der Waals surface area contributed by atoms with Crippen LogP contribution in [0.5, 0.6) is 0 Å². The average Bonchev–Trinajstić information content (AvgIpc) is 3.06. The van der Waals surface area contributed by atoms with Crippen LogP contribution in [0.3, 0.4) is 0 Å². The molecule has 0 N–H and O–H groups in total. The minimum Gasteiger partial charge on any atom is -0.463 e. The lowest BCUT2D eigenvalue weighted by atomic mass is 10.2. The van der Waals surface area contributed by atoms with Gasteiger partial charge < -0.3 is 14.2 Å². The molecule has 1 heterocycles. The number of carbonyl (C=O) groups excluding carboxylic acids is 3. The van der Waals surface area contributed by atoms with Crippen LogP contribution in [0.25, 0.3) is 0 Å². The van der Waals surface area contributed by atoms with E-state index in [1.165, 1.54) is 36.1 Å². The van der Waals surface area contributed by atoms with Crippen LogP contribution in [0.2, 0.25) is 0 Å². The summed E-state index contributed by atoms with van der Waals surface area (Å²) in [6, 6.07) is 3.80. The van der Waals surface area contributed by atoms with E-state index >= 15 is 0 Å². The van der Waals surface area contributed by atoms with Gasteiger partial charge in [0, 0.05) is 19.1 Å². The second-order valence-electron chi connectivity index (χ2n) is 7.61. The van der Waals surface area contributed by atoms with Gasteiger partial charge in [-0.05, 0) is 32.9 Å². The number of amides is 1. The van der Waals surface area contributed by atoms with Gasteiger partial charge in [-0.1, -0.05) is 12.2 Å². The van der Waals surface area contributed by atoms with Gasteiger partial charge in [0.15, 0.2) is 0 Å². The van der Waals surface area contributed by atoms with Gasteiger partial charge in [-0.2, -0.15) is 0 Å². The van der Waals surface area contributed by atoms with Gasteiger partial charge in [-0.15, -0.1) is 0 Å². The van der Waals surface area contributed by atoms with Crippen LogP contribution < -0.4 is 0 Å². The maximum Gasteiger partial charge on any atom is 0.411 e. The summed E-state index contributed by atoms with van der Waals surface area (Å²) in [5, 5.41) is 10.7. The Morgan fingerprint density at radius 1 is 1.03 bits per heavy atom. The Balaban J connectivity index is 2.06. The Bertz CT molecular complexity index is 841. The first kappa shape index (κ1) is 22.9. The van der Waals surface area contributed by atoms with E-state index in [2.05, 4.69) is 0 Å². The Kier molecular flexibility index (Phi) is 7.14. The van der Waals surface area contributed by atoms with Gasteiger partial charge in [-0.3, -0.25) is 19.8 Å². The number of carbonyl (C=O) groups is 3. The van der Waals surface area contributed by atoms with Crippen molar-refractivity contribution in [3.63, 3.8) is 0 Å². The van der Waals surface area contributed by atoms with E-state index in [1.54, 1.807) is 32.9 Å². The molecule has 0 unspecified atom stereocenters. The fraction of sp³-hybridized carbons (Fsp3) is 0.450. The van der Waals surface area contributed by atoms with Crippen molar-refractivity contribution >= 4 is 23.7 Å². The second-order valence-corrected chi connectivity index (χ2v) is 7.61. The number of ether oxygens (including phenoxy) is 3. The number of rotatable bonds is 6. The smallest absolute Gasteiger partial charge is 0.411 e. The van der Waals surface area contributed by atoms with Crippen molar-refractivity contribution in [2.24, 2.45) is 0 Å². The third-order valence-corrected chi connectivity index (χ3v) is 4.03. The zero-order valence-corrected chi connectivity index (χ0v) is 17.2. The standard InChI is InChI=1S/C20H24N2O8/c1-13(23)28-11-16-9-10-17(21(16)19(25)30-20(2,3)4)12-29-18(24)14-5-7-15(8-6-14)22(26)27/h5-10,16-17H,11-12H2,1-4H3/t16-,17+/m1/s1. The summed E-state index contributed by atoms with van der Waals surface area (Å²) >= 11 is 0. The summed E-state index contributed by atoms with van der Waals surface area (Å²) in [7, 11) is 0. The van der Waals surface area contributed by atoms with Crippen molar-refractivity contribution in [1.29, 1.82) is 0 Å². The first-order valence-corrected chi connectivity index (χ1v) is 9.22. The van der Waals surface area contributed by atoms with Crippen molar-refractivity contribution in [2.75, 3.05) is 13.2 Å². The summed E-state index contributed by atoms with van der Waals surface area (Å²) < 4.78 is 15.7. The molecule has 0 spiro atoms. The first-order chi connectivity index (χ1) is 14.0. The SMILES string of the molecule is CC(=O)OC[C@H]1C=C[C@@H](COC(=O)c2ccc([N+](=O)[O-])cc2)N1C(=O)OC(C)(C)C. The van der Waals surface area contributed by atoms with Crippen LogP contribution in [0.1, 0.15) is 38.1 Å². The van der Waals surface area contributed by atoms with Gasteiger partial charge in [-0.25, -0.2) is 9.59 Å². The molecule has 162 valence electrons. The number of non-ortho nitro benzene ring substituents is 1. The average molecular weight is 420 g/mol. The molecule has 2 rings (SSSR count). The van der Waals surface area contributed by atoms with Crippen molar-refractivity contribution in [1.82, 2.24) is 4.90 Å². The Labute approximate surface area is 173 Å². The van der Waals surface area contributed by atoms with E-state index in [0.29, 0.717) is 0 Å². The molecule has 1 amide bonds. The molecule has 0 radical (unpaired) electrons. The molecule has 0 saturated heterocycles. The van der Waals surface area contributed by atoms with Gasteiger partial charge >= 0.3 is 18.0 Å². The highest BCUT2D eigenvalue weighted by Crippen LogP contribution is 2.22. The van der Waals surface area contributed by atoms with E-state index in [-0.39, 0.29) is 24.5 Å². The number of esters is 2. The first-order valence-electron chi connectivity index (χ1n) is 9.22. The van der Waals surface area contributed by atoms with Gasteiger partial charge in [0.05, 0.1) is 22.6 Å². The molecule has 0 aromatic heterocycles. The molecular formula is C20H24N2O8. The maximum atomic E-state index is 12.7. The van der Waals surface area contributed by atoms with Crippen LogP contribution in [0.4, 0.5) is 10.5 Å². The lowest BCUT2D eigenvalue weighted by Crippen LogP contribution is -2.48. The topological polar surface area (TPSA) is 125 Å². The number of hydrogen-bond acceptors (Lipinski definition) is 8. The van der Waals surface area contributed by atoms with Crippen LogP contribution in [-0.2, 0) is 19.0 Å². The fourth-order valence-electron chi connectivity index (χ4n) is 2.71. The minimum absolute atomic E-state index is 0.0577. The van der Waals surface area contributed by atoms with E-state index in [0.717, 1.165) is 0 Å². The van der Waals surface area contributed by atoms with E-state index < -0.39 is 40.6 Å². The molecule has 10 heteroatoms. The molecule has 0 fully saturated rings. The number of nitro benzene ring substituents is 1. The van der Waals surface area contributed by atoms with Crippen LogP contribution in [0.15, 0.2) is 36.4 Å². The molecule has 1 aliphatic rings. The lowest BCUT2D eigenvalue weighted by Gasteiger charge is -2.32. The normalized spacial score (nSPS) is 18.1. The quantitative estimate of drug-likeness (QED) is 0.226. The number of hydrogen-bond donors (Lipinski definition) is 0. The molecule has 10 nitrogen and oxygen atoms in total. The van der Waals surface area contributed by atoms with E-state index in [1.807, 2.05) is 0 Å². The summed E-state index contributed by atoms with van der Waals surface area (Å²) in [5.41, 5.74) is -0.747. The van der Waals surface area contributed by atoms with Crippen molar-refractivity contribution in [2.45, 2.75) is 45.4 Å². The highest BCUT2D eigenvalue weighted by Gasteiger charge is 2.37. The van der Waals surface area contributed by atoms with Crippen LogP contribution in [0, 0.1) is 10.1 Å². The molecule has 2 atom stereocenters. The van der Waals surface area contributed by atoms with Crippen molar-refractivity contribution < 1.29 is 33.5 Å². The van der Waals surface area contributed by atoms with Crippen LogP contribution >= 0.6 is 0 Å². The van der Waals surface area contributed by atoms with Crippen molar-refractivity contribution in [3.05, 3.63) is 52.1 Å². The van der Waals surface area contributed by atoms with Gasteiger partial charge in [0.25, 0.3) is 5.69 Å². The van der Waals surface area contributed by atoms with Gasteiger partial charge in [0.2, 0.25) is 0 Å². The molecule has 30 heavy (non-hydrogen) atoms. The second kappa shape index (κ2) is 9.38. The maximum absolute atomic E-state index is 12.7. The molecule has 0 aliphatic carbocycles. The number of nitrogens with zero attached hydrogens (tertiary/aromatic N) is 2. The third-order valence-electron chi connectivity index (χ3n) is 4.03. The zero-order valence-electron chi connectivity index (χ0n) is 17.2. The van der Waals surface area contributed by atoms with Crippen molar-refractivity contribution in [3.8, 4) is 0 Å².